The molecule has 2 aromatic heterocycles. The molecular formula is C17H20F5N5OS. The zero-order valence-electron chi connectivity index (χ0n) is 15.3. The summed E-state index contributed by atoms with van der Waals surface area (Å²) in [5.41, 5.74) is 5.96. The molecule has 0 amide bonds. The lowest BCUT2D eigenvalue weighted by Crippen LogP contribution is -2.41. The van der Waals surface area contributed by atoms with E-state index in [9.17, 15) is 22.0 Å². The number of likely N-dealkylation sites (tertiary alicyclic amines) is 1. The van der Waals surface area contributed by atoms with Crippen molar-refractivity contribution >= 4 is 11.3 Å². The molecule has 0 saturated carbocycles. The third kappa shape index (κ3) is 5.37. The zero-order valence-corrected chi connectivity index (χ0v) is 16.1. The van der Waals surface area contributed by atoms with Gasteiger partial charge in [0.1, 0.15) is 5.69 Å². The molecule has 1 unspecified atom stereocenters. The number of piperidine rings is 1. The van der Waals surface area contributed by atoms with E-state index in [1.165, 1.54) is 16.8 Å². The van der Waals surface area contributed by atoms with E-state index >= 15 is 0 Å². The molecule has 12 heteroatoms. The number of ether oxygens (including phenoxy) is 1. The minimum Gasteiger partial charge on any atom is -0.463 e. The second-order valence-corrected chi connectivity index (χ2v) is 7.55. The van der Waals surface area contributed by atoms with E-state index in [0.717, 1.165) is 12.3 Å². The first-order chi connectivity index (χ1) is 13.8. The van der Waals surface area contributed by atoms with Gasteiger partial charge in [0.25, 0.3) is 6.43 Å². The van der Waals surface area contributed by atoms with Gasteiger partial charge in [-0.15, -0.1) is 11.3 Å². The van der Waals surface area contributed by atoms with Crippen LogP contribution in [-0.4, -0.2) is 46.1 Å². The highest BCUT2D eigenvalue weighted by Gasteiger charge is 2.33. The average Bonchev–Trinajstić information content (AvgIpc) is 3.17. The Bertz CT molecular complexity index is 795. The van der Waals surface area contributed by atoms with Gasteiger partial charge in [-0.3, -0.25) is 4.90 Å². The van der Waals surface area contributed by atoms with Crippen molar-refractivity contribution in [1.29, 1.82) is 0 Å². The number of thiazole rings is 1. The number of rotatable bonds is 7. The second-order valence-electron chi connectivity index (χ2n) is 6.67. The van der Waals surface area contributed by atoms with Crippen LogP contribution >= 0.6 is 11.3 Å². The van der Waals surface area contributed by atoms with Crippen LogP contribution in [0.15, 0.2) is 17.8 Å². The summed E-state index contributed by atoms with van der Waals surface area (Å²) in [6.07, 6.45) is -4.81. The number of nitrogens with zero attached hydrogens (tertiary/aromatic N) is 4. The minimum atomic E-state index is -4.56. The van der Waals surface area contributed by atoms with Gasteiger partial charge in [0, 0.05) is 12.7 Å². The van der Waals surface area contributed by atoms with Crippen LogP contribution in [0.5, 0.6) is 6.01 Å². The van der Waals surface area contributed by atoms with Crippen molar-refractivity contribution in [2.24, 2.45) is 11.7 Å². The average molecular weight is 437 g/mol. The van der Waals surface area contributed by atoms with Crippen LogP contribution in [0.4, 0.5) is 22.0 Å². The monoisotopic (exact) mass is 437 g/mol. The molecule has 1 saturated heterocycles. The largest absolute Gasteiger partial charge is 0.463 e. The number of hydrogen-bond donors (Lipinski definition) is 1. The van der Waals surface area contributed by atoms with Crippen molar-refractivity contribution in [1.82, 2.24) is 19.9 Å². The van der Waals surface area contributed by atoms with Gasteiger partial charge in [-0.25, -0.2) is 18.7 Å². The zero-order chi connectivity index (χ0) is 21.0. The summed E-state index contributed by atoms with van der Waals surface area (Å²) < 4.78 is 69.7. The van der Waals surface area contributed by atoms with Crippen LogP contribution in [0.2, 0.25) is 0 Å². The second kappa shape index (κ2) is 9.26. The predicted molar refractivity (Wildman–Crippen MR) is 95.7 cm³/mol. The van der Waals surface area contributed by atoms with Gasteiger partial charge in [-0.2, -0.15) is 18.2 Å². The topological polar surface area (TPSA) is 77.2 Å². The van der Waals surface area contributed by atoms with Crippen LogP contribution < -0.4 is 10.5 Å². The Morgan fingerprint density at radius 3 is 2.59 bits per heavy atom. The SMILES string of the molecule is NCC(c1scnc1C(F)F)N1CCC(COc2nccc(C(F)(F)F)n2)CC1. The van der Waals surface area contributed by atoms with Gasteiger partial charge in [0.05, 0.1) is 23.0 Å². The molecule has 2 aromatic rings. The third-order valence-electron chi connectivity index (χ3n) is 4.82. The summed E-state index contributed by atoms with van der Waals surface area (Å²) in [6, 6.07) is 0.138. The number of aromatic nitrogens is 3. The normalized spacial score (nSPS) is 17.6. The molecule has 0 bridgehead atoms. The molecular weight excluding hydrogens is 417 g/mol. The lowest BCUT2D eigenvalue weighted by atomic mass is 9.96. The molecule has 0 radical (unpaired) electrons. The van der Waals surface area contributed by atoms with E-state index in [0.29, 0.717) is 30.8 Å². The van der Waals surface area contributed by atoms with E-state index in [-0.39, 0.29) is 36.8 Å². The van der Waals surface area contributed by atoms with Gasteiger partial charge >= 0.3 is 12.2 Å². The number of hydrogen-bond acceptors (Lipinski definition) is 7. The van der Waals surface area contributed by atoms with Gasteiger partial charge in [0.2, 0.25) is 0 Å². The summed E-state index contributed by atoms with van der Waals surface area (Å²) in [7, 11) is 0. The molecule has 3 heterocycles. The van der Waals surface area contributed by atoms with E-state index in [4.69, 9.17) is 10.5 Å². The van der Waals surface area contributed by atoms with Crippen molar-refractivity contribution in [2.45, 2.75) is 31.5 Å². The lowest BCUT2D eigenvalue weighted by Gasteiger charge is -2.36. The van der Waals surface area contributed by atoms with E-state index in [2.05, 4.69) is 15.0 Å². The molecule has 2 N–H and O–H groups in total. The first-order valence-corrected chi connectivity index (χ1v) is 9.86. The van der Waals surface area contributed by atoms with E-state index in [1.807, 2.05) is 4.90 Å². The van der Waals surface area contributed by atoms with Crippen molar-refractivity contribution in [3.8, 4) is 6.01 Å². The summed E-state index contributed by atoms with van der Waals surface area (Å²) in [6.45, 7) is 1.60. The Labute approximate surface area is 167 Å². The van der Waals surface area contributed by atoms with Crippen molar-refractivity contribution in [2.75, 3.05) is 26.2 Å². The fourth-order valence-electron chi connectivity index (χ4n) is 3.29. The van der Waals surface area contributed by atoms with E-state index in [1.54, 1.807) is 0 Å². The molecule has 1 atom stereocenters. The van der Waals surface area contributed by atoms with Gasteiger partial charge in [-0.1, -0.05) is 0 Å². The van der Waals surface area contributed by atoms with Crippen molar-refractivity contribution in [3.05, 3.63) is 34.0 Å². The number of alkyl halides is 5. The molecule has 6 nitrogen and oxygen atoms in total. The molecule has 1 aliphatic heterocycles. The Morgan fingerprint density at radius 1 is 1.24 bits per heavy atom. The summed E-state index contributed by atoms with van der Waals surface area (Å²) >= 11 is 1.17. The first-order valence-electron chi connectivity index (χ1n) is 8.98. The molecule has 3 rings (SSSR count). The number of halogens is 5. The molecule has 1 fully saturated rings. The smallest absolute Gasteiger partial charge is 0.433 e. The maximum atomic E-state index is 13.1. The summed E-state index contributed by atoms with van der Waals surface area (Å²) in [5.74, 6) is 0.0962. The summed E-state index contributed by atoms with van der Waals surface area (Å²) in [4.78, 5) is 13.4. The van der Waals surface area contributed by atoms with Crippen molar-refractivity contribution < 1.29 is 26.7 Å². The lowest BCUT2D eigenvalue weighted by molar-refractivity contribution is -0.141. The highest BCUT2D eigenvalue weighted by Crippen LogP contribution is 2.34. The first kappa shape index (κ1) is 21.8. The Hall–Kier alpha value is -1.92. The van der Waals surface area contributed by atoms with Gasteiger partial charge in [0.15, 0.2) is 5.69 Å². The highest BCUT2D eigenvalue weighted by atomic mass is 32.1. The summed E-state index contributed by atoms with van der Waals surface area (Å²) in [5, 5.41) is 0. The molecule has 1 aliphatic rings. The highest BCUT2D eigenvalue weighted by molar-refractivity contribution is 7.09. The van der Waals surface area contributed by atoms with Gasteiger partial charge < -0.3 is 10.5 Å². The minimum absolute atomic E-state index is 0.0962. The van der Waals surface area contributed by atoms with Crippen LogP contribution in [0, 0.1) is 5.92 Å². The molecule has 0 aliphatic carbocycles. The van der Waals surface area contributed by atoms with Crippen LogP contribution in [0.1, 0.15) is 41.6 Å². The van der Waals surface area contributed by atoms with Crippen LogP contribution in [-0.2, 0) is 6.18 Å². The van der Waals surface area contributed by atoms with E-state index < -0.39 is 18.3 Å². The fourth-order valence-corrected chi connectivity index (χ4v) is 4.24. The maximum Gasteiger partial charge on any atom is 0.433 e. The molecule has 29 heavy (non-hydrogen) atoms. The molecule has 0 spiro atoms. The maximum absolute atomic E-state index is 13.1. The standard InChI is InChI=1S/C17H20F5N5OS/c18-15(19)13-14(29-9-25-13)11(7-23)27-5-2-10(3-6-27)8-28-16-24-4-1-12(26-16)17(20,21)22/h1,4,9-11,15H,2-3,5-8,23H2. The quantitative estimate of drug-likeness (QED) is 0.666. The Kier molecular flexibility index (Phi) is 6.96. The van der Waals surface area contributed by atoms with Gasteiger partial charge in [-0.05, 0) is 37.9 Å². The van der Waals surface area contributed by atoms with Crippen molar-refractivity contribution in [3.63, 3.8) is 0 Å². The predicted octanol–water partition coefficient (Wildman–Crippen LogP) is 3.68. The third-order valence-corrected chi connectivity index (χ3v) is 5.76. The van der Waals surface area contributed by atoms with Crippen LogP contribution in [0.3, 0.4) is 0 Å². The Morgan fingerprint density at radius 2 is 1.97 bits per heavy atom. The Balaban J connectivity index is 1.54. The fraction of sp³-hybridized carbons (Fsp3) is 0.588. The van der Waals surface area contributed by atoms with Crippen LogP contribution in [0.25, 0.3) is 0 Å². The molecule has 0 aromatic carbocycles. The number of nitrogens with two attached hydrogens (primary N) is 1. The molecule has 160 valence electrons.